The number of benzene rings is 3. The number of halogens is 2. The first-order chi connectivity index (χ1) is 14.5. The van der Waals surface area contributed by atoms with Gasteiger partial charge in [-0.1, -0.05) is 24.3 Å². The molecule has 0 fully saturated rings. The lowest BCUT2D eigenvalue weighted by atomic mass is 10.1. The van der Waals surface area contributed by atoms with Crippen LogP contribution in [0.4, 0.5) is 8.78 Å². The van der Waals surface area contributed by atoms with Gasteiger partial charge >= 0.3 is 0 Å². The summed E-state index contributed by atoms with van der Waals surface area (Å²) >= 11 is 0. The van der Waals surface area contributed by atoms with Gasteiger partial charge in [0.1, 0.15) is 23.5 Å². The van der Waals surface area contributed by atoms with Gasteiger partial charge in [-0.2, -0.15) is 5.26 Å². The highest BCUT2D eigenvalue weighted by Crippen LogP contribution is 2.23. The third-order valence-corrected chi connectivity index (χ3v) is 4.78. The lowest BCUT2D eigenvalue weighted by molar-refractivity contribution is 0.0945. The van der Waals surface area contributed by atoms with Crippen molar-refractivity contribution in [2.24, 2.45) is 0 Å². The molecule has 4 rings (SSSR count). The van der Waals surface area contributed by atoms with Crippen LogP contribution >= 0.6 is 0 Å². The van der Waals surface area contributed by atoms with E-state index in [0.29, 0.717) is 11.6 Å². The Morgan fingerprint density at radius 3 is 2.57 bits per heavy atom. The van der Waals surface area contributed by atoms with Crippen LogP contribution in [0.25, 0.3) is 16.7 Å². The van der Waals surface area contributed by atoms with Gasteiger partial charge in [0.15, 0.2) is 0 Å². The Balaban J connectivity index is 1.65. The second-order valence-electron chi connectivity index (χ2n) is 6.73. The van der Waals surface area contributed by atoms with Crippen LogP contribution in [0.15, 0.2) is 66.7 Å². The number of fused-ring (bicyclic) bond motifs is 1. The molecule has 1 unspecified atom stereocenters. The Kier molecular flexibility index (Phi) is 4.98. The van der Waals surface area contributed by atoms with Gasteiger partial charge < -0.3 is 5.32 Å². The average molecular weight is 402 g/mol. The van der Waals surface area contributed by atoms with Crippen LogP contribution in [-0.4, -0.2) is 15.5 Å². The highest BCUT2D eigenvalue weighted by Gasteiger charge is 2.20. The molecule has 1 heterocycles. The Labute approximate surface area is 171 Å². The van der Waals surface area contributed by atoms with Crippen molar-refractivity contribution in [1.29, 1.82) is 5.26 Å². The number of rotatable bonds is 4. The maximum Gasteiger partial charge on any atom is 0.252 e. The van der Waals surface area contributed by atoms with E-state index < -0.39 is 23.6 Å². The molecule has 1 amide bonds. The molecule has 0 saturated heterocycles. The maximum atomic E-state index is 14.0. The topological polar surface area (TPSA) is 70.7 Å². The van der Waals surface area contributed by atoms with Gasteiger partial charge in [0.2, 0.25) is 0 Å². The molecule has 0 spiro atoms. The van der Waals surface area contributed by atoms with E-state index in [4.69, 9.17) is 0 Å². The molecule has 30 heavy (non-hydrogen) atoms. The predicted octanol–water partition coefficient (Wildman–Crippen LogP) is 4.61. The van der Waals surface area contributed by atoms with Crippen molar-refractivity contribution < 1.29 is 13.6 Å². The number of carbonyl (C=O) groups is 1. The number of nitriles is 1. The van der Waals surface area contributed by atoms with E-state index in [2.05, 4.69) is 10.3 Å². The molecule has 7 heteroatoms. The molecule has 0 radical (unpaired) electrons. The first-order valence-electron chi connectivity index (χ1n) is 9.18. The Morgan fingerprint density at radius 2 is 1.87 bits per heavy atom. The quantitative estimate of drug-likeness (QED) is 0.542. The third kappa shape index (κ3) is 3.51. The van der Waals surface area contributed by atoms with Crippen LogP contribution in [0.2, 0.25) is 0 Å². The van der Waals surface area contributed by atoms with Crippen molar-refractivity contribution in [2.45, 2.75) is 13.0 Å². The molecular formula is C23H16F2N4O. The smallest absolute Gasteiger partial charge is 0.252 e. The summed E-state index contributed by atoms with van der Waals surface area (Å²) in [6.45, 7) is 1.87. The number of aryl methyl sites for hydroxylation is 1. The minimum atomic E-state index is -1.25. The molecule has 148 valence electrons. The second kappa shape index (κ2) is 7.76. The van der Waals surface area contributed by atoms with E-state index in [1.54, 1.807) is 18.2 Å². The van der Waals surface area contributed by atoms with Crippen LogP contribution in [0, 0.1) is 29.9 Å². The first kappa shape index (κ1) is 19.3. The number of amides is 1. The lowest BCUT2D eigenvalue weighted by Gasteiger charge is -2.13. The second-order valence-corrected chi connectivity index (χ2v) is 6.73. The van der Waals surface area contributed by atoms with Crippen LogP contribution in [0.5, 0.6) is 0 Å². The highest BCUT2D eigenvalue weighted by molar-refractivity contribution is 5.98. The highest BCUT2D eigenvalue weighted by atomic mass is 19.1. The number of para-hydroxylation sites is 1. The SMILES string of the molecule is Cc1nc2cc(C(=O)NC(C#N)c3ccc(F)cc3F)ccc2n1-c1ccccc1. The van der Waals surface area contributed by atoms with E-state index >= 15 is 0 Å². The number of hydrogen-bond acceptors (Lipinski definition) is 3. The molecular weight excluding hydrogens is 386 g/mol. The summed E-state index contributed by atoms with van der Waals surface area (Å²) in [5.74, 6) is -1.44. The predicted molar refractivity (Wildman–Crippen MR) is 108 cm³/mol. The summed E-state index contributed by atoms with van der Waals surface area (Å²) < 4.78 is 29.1. The maximum absolute atomic E-state index is 14.0. The zero-order chi connectivity index (χ0) is 21.3. The van der Waals surface area contributed by atoms with E-state index in [-0.39, 0.29) is 11.1 Å². The molecule has 0 aliphatic rings. The van der Waals surface area contributed by atoms with Crippen molar-refractivity contribution in [1.82, 2.24) is 14.9 Å². The summed E-state index contributed by atoms with van der Waals surface area (Å²) in [6.07, 6.45) is 0. The van der Waals surface area contributed by atoms with Crippen LogP contribution in [0.1, 0.15) is 27.8 Å². The van der Waals surface area contributed by atoms with Crippen molar-refractivity contribution in [3.8, 4) is 11.8 Å². The third-order valence-electron chi connectivity index (χ3n) is 4.78. The van der Waals surface area contributed by atoms with E-state index in [9.17, 15) is 18.8 Å². The van der Waals surface area contributed by atoms with Crippen LogP contribution in [0.3, 0.4) is 0 Å². The molecule has 0 bridgehead atoms. The van der Waals surface area contributed by atoms with Gasteiger partial charge in [0.05, 0.1) is 17.1 Å². The average Bonchev–Trinajstić information content (AvgIpc) is 3.07. The Hall–Kier alpha value is -4.05. The van der Waals surface area contributed by atoms with E-state index in [0.717, 1.165) is 29.2 Å². The minimum absolute atomic E-state index is 0.0995. The number of carbonyl (C=O) groups excluding carboxylic acids is 1. The van der Waals surface area contributed by atoms with Gasteiger partial charge in [0.25, 0.3) is 5.91 Å². The number of hydrogen-bond donors (Lipinski definition) is 1. The molecule has 3 aromatic carbocycles. The zero-order valence-corrected chi connectivity index (χ0v) is 15.9. The fraction of sp³-hybridized carbons (Fsp3) is 0.0870. The van der Waals surface area contributed by atoms with Gasteiger partial charge in [0, 0.05) is 22.9 Å². The van der Waals surface area contributed by atoms with Crippen molar-refractivity contribution in [2.75, 3.05) is 0 Å². The number of nitrogens with one attached hydrogen (secondary N) is 1. The monoisotopic (exact) mass is 402 g/mol. The molecule has 4 aromatic rings. The Bertz CT molecular complexity index is 1290. The van der Waals surface area contributed by atoms with E-state index in [1.165, 1.54) is 0 Å². The van der Waals surface area contributed by atoms with Crippen molar-refractivity contribution in [3.05, 3.63) is 95.3 Å². The summed E-state index contributed by atoms with van der Waals surface area (Å²) in [6, 6.07) is 18.2. The van der Waals surface area contributed by atoms with Crippen LogP contribution in [-0.2, 0) is 0 Å². The summed E-state index contributed by atoms with van der Waals surface area (Å²) in [7, 11) is 0. The van der Waals surface area contributed by atoms with Gasteiger partial charge in [-0.05, 0) is 43.3 Å². The molecule has 1 N–H and O–H groups in total. The molecule has 0 saturated carbocycles. The molecule has 5 nitrogen and oxygen atoms in total. The van der Waals surface area contributed by atoms with Crippen molar-refractivity contribution >= 4 is 16.9 Å². The fourth-order valence-corrected chi connectivity index (χ4v) is 3.37. The van der Waals surface area contributed by atoms with E-state index in [1.807, 2.05) is 47.9 Å². The van der Waals surface area contributed by atoms with Gasteiger partial charge in [-0.3, -0.25) is 9.36 Å². The standard InChI is InChI=1S/C23H16F2N4O/c1-14-27-20-11-15(7-10-22(20)29(14)17-5-3-2-4-6-17)23(30)28-21(13-26)18-9-8-16(24)12-19(18)25/h2-12,21H,1H3,(H,28,30). The number of imidazole rings is 1. The lowest BCUT2D eigenvalue weighted by Crippen LogP contribution is -2.28. The molecule has 0 aliphatic carbocycles. The normalized spacial score (nSPS) is 11.8. The number of nitrogens with zero attached hydrogens (tertiary/aromatic N) is 3. The fourth-order valence-electron chi connectivity index (χ4n) is 3.37. The summed E-state index contributed by atoms with van der Waals surface area (Å²) in [5.41, 5.74) is 2.58. The molecule has 1 atom stereocenters. The summed E-state index contributed by atoms with van der Waals surface area (Å²) in [5, 5.41) is 11.8. The zero-order valence-electron chi connectivity index (χ0n) is 15.9. The Morgan fingerprint density at radius 1 is 1.10 bits per heavy atom. The summed E-state index contributed by atoms with van der Waals surface area (Å²) in [4.78, 5) is 17.2. The van der Waals surface area contributed by atoms with Crippen LogP contribution < -0.4 is 5.32 Å². The minimum Gasteiger partial charge on any atom is -0.332 e. The first-order valence-corrected chi connectivity index (χ1v) is 9.18. The van der Waals surface area contributed by atoms with Gasteiger partial charge in [-0.15, -0.1) is 0 Å². The largest absolute Gasteiger partial charge is 0.332 e. The van der Waals surface area contributed by atoms with Crippen molar-refractivity contribution in [3.63, 3.8) is 0 Å². The molecule has 0 aliphatic heterocycles. The molecule has 1 aromatic heterocycles. The van der Waals surface area contributed by atoms with Gasteiger partial charge in [-0.25, -0.2) is 13.8 Å². The number of aromatic nitrogens is 2.